The van der Waals surface area contributed by atoms with E-state index in [9.17, 15) is 4.39 Å². The van der Waals surface area contributed by atoms with Gasteiger partial charge in [0.05, 0.1) is 0 Å². The first-order valence-corrected chi connectivity index (χ1v) is 5.90. The Morgan fingerprint density at radius 1 is 1.41 bits per heavy atom. The summed E-state index contributed by atoms with van der Waals surface area (Å²) in [7, 11) is 0. The van der Waals surface area contributed by atoms with Gasteiger partial charge in [0.2, 0.25) is 0 Å². The lowest BCUT2D eigenvalue weighted by Gasteiger charge is -2.30. The van der Waals surface area contributed by atoms with Gasteiger partial charge in [0.15, 0.2) is 0 Å². The molecule has 0 spiro atoms. The second-order valence-corrected chi connectivity index (χ2v) is 4.53. The number of benzene rings is 1. The Bertz CT molecular complexity index is 386. The maximum atomic E-state index is 13.3. The van der Waals surface area contributed by atoms with Crippen molar-refractivity contribution >= 4 is 5.69 Å². The molecule has 0 amide bonds. The molecule has 1 rings (SSSR count). The van der Waals surface area contributed by atoms with Crippen molar-refractivity contribution in [2.45, 2.75) is 32.9 Å². The molecule has 2 nitrogen and oxygen atoms in total. The molecular formula is C14H21FN2. The van der Waals surface area contributed by atoms with Crippen molar-refractivity contribution < 1.29 is 4.39 Å². The molecule has 0 fully saturated rings. The second-order valence-electron chi connectivity index (χ2n) is 4.53. The van der Waals surface area contributed by atoms with Gasteiger partial charge < -0.3 is 10.6 Å². The highest BCUT2D eigenvalue weighted by Gasteiger charge is 2.16. The lowest BCUT2D eigenvalue weighted by molar-refractivity contribution is 0.620. The van der Waals surface area contributed by atoms with E-state index in [1.165, 1.54) is 12.1 Å². The van der Waals surface area contributed by atoms with Crippen LogP contribution in [-0.4, -0.2) is 12.6 Å². The van der Waals surface area contributed by atoms with Crippen LogP contribution in [0.3, 0.4) is 0 Å². The fourth-order valence-electron chi connectivity index (χ4n) is 1.88. The highest BCUT2D eigenvalue weighted by atomic mass is 19.1. The Morgan fingerprint density at radius 3 is 2.53 bits per heavy atom. The van der Waals surface area contributed by atoms with Crippen LogP contribution in [0, 0.1) is 5.82 Å². The summed E-state index contributed by atoms with van der Waals surface area (Å²) in [6.07, 6.45) is 1.84. The standard InChI is InChI=1S/C14H21FN2/c1-5-8-17(10(2)3)14-7-6-12(15)9-13(14)11(4)16/h5-7,9-11H,1,8,16H2,2-4H3/t11-/m0/s1. The van der Waals surface area contributed by atoms with Gasteiger partial charge in [-0.15, -0.1) is 6.58 Å². The van der Waals surface area contributed by atoms with Crippen LogP contribution < -0.4 is 10.6 Å². The maximum Gasteiger partial charge on any atom is 0.123 e. The average Bonchev–Trinajstić information content (AvgIpc) is 2.26. The molecule has 0 radical (unpaired) electrons. The number of nitrogens with two attached hydrogens (primary N) is 1. The predicted octanol–water partition coefficient (Wildman–Crippen LogP) is 3.25. The fourth-order valence-corrected chi connectivity index (χ4v) is 1.88. The normalized spacial score (nSPS) is 12.6. The largest absolute Gasteiger partial charge is 0.365 e. The molecule has 0 heterocycles. The summed E-state index contributed by atoms with van der Waals surface area (Å²) in [6, 6.07) is 4.90. The summed E-state index contributed by atoms with van der Waals surface area (Å²) >= 11 is 0. The third kappa shape index (κ3) is 3.30. The average molecular weight is 236 g/mol. The zero-order valence-electron chi connectivity index (χ0n) is 10.8. The van der Waals surface area contributed by atoms with E-state index in [0.717, 1.165) is 17.8 Å². The zero-order valence-corrected chi connectivity index (χ0v) is 10.8. The maximum absolute atomic E-state index is 13.3. The number of rotatable bonds is 5. The first kappa shape index (κ1) is 13.7. The van der Waals surface area contributed by atoms with E-state index in [4.69, 9.17) is 5.73 Å². The second kappa shape index (κ2) is 5.82. The molecule has 1 atom stereocenters. The number of nitrogens with zero attached hydrogens (tertiary/aromatic N) is 1. The topological polar surface area (TPSA) is 29.3 Å². The Labute approximate surface area is 103 Å². The van der Waals surface area contributed by atoms with Crippen molar-refractivity contribution in [3.05, 3.63) is 42.2 Å². The van der Waals surface area contributed by atoms with Gasteiger partial charge in [0, 0.05) is 24.3 Å². The van der Waals surface area contributed by atoms with Crippen LogP contribution in [0.25, 0.3) is 0 Å². The Hall–Kier alpha value is -1.35. The van der Waals surface area contributed by atoms with Crippen LogP contribution in [0.2, 0.25) is 0 Å². The van der Waals surface area contributed by atoms with Gasteiger partial charge in [0.25, 0.3) is 0 Å². The highest BCUT2D eigenvalue weighted by molar-refractivity contribution is 5.56. The molecule has 1 aromatic carbocycles. The van der Waals surface area contributed by atoms with Crippen molar-refractivity contribution in [2.75, 3.05) is 11.4 Å². The van der Waals surface area contributed by atoms with E-state index < -0.39 is 0 Å². The molecule has 17 heavy (non-hydrogen) atoms. The van der Waals surface area contributed by atoms with Gasteiger partial charge in [0.1, 0.15) is 5.82 Å². The fraction of sp³-hybridized carbons (Fsp3) is 0.429. The van der Waals surface area contributed by atoms with Crippen LogP contribution in [0.4, 0.5) is 10.1 Å². The molecule has 0 aliphatic heterocycles. The molecule has 0 aromatic heterocycles. The number of halogens is 1. The van der Waals surface area contributed by atoms with Crippen LogP contribution in [-0.2, 0) is 0 Å². The predicted molar refractivity (Wildman–Crippen MR) is 71.7 cm³/mol. The van der Waals surface area contributed by atoms with Crippen molar-refractivity contribution in [3.63, 3.8) is 0 Å². The van der Waals surface area contributed by atoms with Crippen molar-refractivity contribution in [1.82, 2.24) is 0 Å². The van der Waals surface area contributed by atoms with Gasteiger partial charge in [-0.05, 0) is 44.5 Å². The van der Waals surface area contributed by atoms with E-state index in [1.807, 2.05) is 13.0 Å². The molecule has 0 bridgehead atoms. The van der Waals surface area contributed by atoms with E-state index in [0.29, 0.717) is 6.04 Å². The SMILES string of the molecule is C=CCN(c1ccc(F)cc1[C@H](C)N)C(C)C. The molecule has 0 unspecified atom stereocenters. The molecular weight excluding hydrogens is 215 g/mol. The van der Waals surface area contributed by atoms with E-state index >= 15 is 0 Å². The summed E-state index contributed by atoms with van der Waals surface area (Å²) in [6.45, 7) is 10.5. The van der Waals surface area contributed by atoms with Crippen molar-refractivity contribution in [3.8, 4) is 0 Å². The van der Waals surface area contributed by atoms with Crippen molar-refractivity contribution in [2.24, 2.45) is 5.73 Å². The molecule has 3 heteroatoms. The van der Waals surface area contributed by atoms with Crippen LogP contribution in [0.5, 0.6) is 0 Å². The van der Waals surface area contributed by atoms with Crippen molar-refractivity contribution in [1.29, 1.82) is 0 Å². The first-order valence-electron chi connectivity index (χ1n) is 5.90. The van der Waals surface area contributed by atoms with Crippen LogP contribution in [0.15, 0.2) is 30.9 Å². The lowest BCUT2D eigenvalue weighted by atomic mass is 10.0. The van der Waals surface area contributed by atoms with E-state index in [-0.39, 0.29) is 11.9 Å². The molecule has 0 saturated carbocycles. The molecule has 94 valence electrons. The minimum absolute atomic E-state index is 0.188. The van der Waals surface area contributed by atoms with E-state index in [1.54, 1.807) is 6.07 Å². The minimum Gasteiger partial charge on any atom is -0.365 e. The molecule has 0 aliphatic carbocycles. The molecule has 1 aromatic rings. The van der Waals surface area contributed by atoms with Gasteiger partial charge in [-0.3, -0.25) is 0 Å². The Morgan fingerprint density at radius 2 is 2.06 bits per heavy atom. The van der Waals surface area contributed by atoms with Gasteiger partial charge in [-0.2, -0.15) is 0 Å². The first-order chi connectivity index (χ1) is 7.97. The quantitative estimate of drug-likeness (QED) is 0.795. The van der Waals surface area contributed by atoms with Gasteiger partial charge in [-0.1, -0.05) is 6.08 Å². The lowest BCUT2D eigenvalue weighted by Crippen LogP contribution is -2.32. The van der Waals surface area contributed by atoms with Crippen LogP contribution in [0.1, 0.15) is 32.4 Å². The zero-order chi connectivity index (χ0) is 13.0. The smallest absolute Gasteiger partial charge is 0.123 e. The third-order valence-corrected chi connectivity index (χ3v) is 2.74. The number of anilines is 1. The molecule has 0 saturated heterocycles. The third-order valence-electron chi connectivity index (χ3n) is 2.74. The molecule has 2 N–H and O–H groups in total. The number of hydrogen-bond donors (Lipinski definition) is 1. The Kier molecular flexibility index (Phi) is 4.70. The van der Waals surface area contributed by atoms with Gasteiger partial charge in [-0.25, -0.2) is 4.39 Å². The minimum atomic E-state index is -0.247. The summed E-state index contributed by atoms with van der Waals surface area (Å²) in [5.74, 6) is -0.247. The summed E-state index contributed by atoms with van der Waals surface area (Å²) in [5, 5.41) is 0. The number of hydrogen-bond acceptors (Lipinski definition) is 2. The van der Waals surface area contributed by atoms with E-state index in [2.05, 4.69) is 25.3 Å². The summed E-state index contributed by atoms with van der Waals surface area (Å²) in [4.78, 5) is 2.16. The monoisotopic (exact) mass is 236 g/mol. The van der Waals surface area contributed by atoms with Crippen LogP contribution >= 0.6 is 0 Å². The molecule has 0 aliphatic rings. The Balaban J connectivity index is 3.21. The highest BCUT2D eigenvalue weighted by Crippen LogP contribution is 2.27. The summed E-state index contributed by atoms with van der Waals surface area (Å²) in [5.41, 5.74) is 7.71. The summed E-state index contributed by atoms with van der Waals surface area (Å²) < 4.78 is 13.3. The van der Waals surface area contributed by atoms with Gasteiger partial charge >= 0.3 is 0 Å².